The van der Waals surface area contributed by atoms with E-state index in [0.29, 0.717) is 5.69 Å². The quantitative estimate of drug-likeness (QED) is 0.355. The number of sulfonamides is 1. The summed E-state index contributed by atoms with van der Waals surface area (Å²) in [6.45, 7) is 0. The molecule has 0 spiro atoms. The fraction of sp³-hybridized carbons (Fsp3) is 0. The molecule has 0 atom stereocenters. The van der Waals surface area contributed by atoms with Crippen LogP contribution < -0.4 is 21.9 Å². The van der Waals surface area contributed by atoms with Crippen molar-refractivity contribution in [2.45, 2.75) is 4.90 Å². The Labute approximate surface area is 81.4 Å². The van der Waals surface area contributed by atoms with Crippen LogP contribution in [0.4, 0.5) is 5.69 Å². The second-order valence-electron chi connectivity index (χ2n) is 2.34. The van der Waals surface area contributed by atoms with Crippen LogP contribution >= 0.6 is 0 Å². The van der Waals surface area contributed by atoms with E-state index in [2.05, 4.69) is 11.0 Å². The van der Waals surface area contributed by atoms with Crippen LogP contribution in [0.1, 0.15) is 0 Å². The fourth-order valence-corrected chi connectivity index (χ4v) is 1.33. The van der Waals surface area contributed by atoms with E-state index in [9.17, 15) is 8.42 Å². The lowest BCUT2D eigenvalue weighted by Crippen LogP contribution is -2.28. The third kappa shape index (κ3) is 3.28. The Morgan fingerprint density at radius 1 is 1.14 bits per heavy atom. The summed E-state index contributed by atoms with van der Waals surface area (Å²) >= 11 is 0. The van der Waals surface area contributed by atoms with Crippen LogP contribution in [-0.4, -0.2) is 13.9 Å². The molecule has 1 aromatic carbocycles. The smallest absolute Gasteiger partial charge is 0.238 e. The van der Waals surface area contributed by atoms with Crippen LogP contribution in [0.2, 0.25) is 0 Å². The van der Waals surface area contributed by atoms with Crippen molar-refractivity contribution in [2.75, 3.05) is 5.43 Å². The van der Waals surface area contributed by atoms with Gasteiger partial charge in [-0.15, -0.1) is 0 Å². The van der Waals surface area contributed by atoms with Crippen molar-refractivity contribution in [3.05, 3.63) is 24.3 Å². The first-order valence-corrected chi connectivity index (χ1v) is 4.93. The van der Waals surface area contributed by atoms with Gasteiger partial charge in [0.1, 0.15) is 0 Å². The molecule has 0 saturated carbocycles. The highest BCUT2D eigenvalue weighted by atomic mass is 32.2. The van der Waals surface area contributed by atoms with Crippen molar-refractivity contribution in [3.63, 3.8) is 0 Å². The predicted octanol–water partition coefficient (Wildman–Crippen LogP) is -1.70. The van der Waals surface area contributed by atoms with Crippen LogP contribution in [0, 0.1) is 0 Å². The summed E-state index contributed by atoms with van der Waals surface area (Å²) < 4.78 is 21.6. The molecule has 0 aliphatic carbocycles. The second-order valence-corrected chi connectivity index (χ2v) is 3.90. The third-order valence-corrected chi connectivity index (χ3v) is 2.33. The van der Waals surface area contributed by atoms with Gasteiger partial charge in [-0.25, -0.2) is 13.6 Å². The maximum Gasteiger partial charge on any atom is 0.238 e. The molecule has 1 aromatic rings. The second kappa shape index (κ2) is 4.88. The summed E-state index contributed by atoms with van der Waals surface area (Å²) in [7, 11) is -3.61. The molecule has 0 heterocycles. The average molecular weight is 220 g/mol. The Balaban J connectivity index is 0.00000169. The Kier molecular flexibility index (Phi) is 4.47. The predicted molar refractivity (Wildman–Crippen MR) is 52.4 cm³/mol. The lowest BCUT2D eigenvalue weighted by Gasteiger charge is -2.03. The molecule has 0 amide bonds. The van der Waals surface area contributed by atoms with Crippen LogP contribution in [0.3, 0.4) is 0 Å². The molecule has 7 nitrogen and oxygen atoms in total. The van der Waals surface area contributed by atoms with Gasteiger partial charge in [-0.1, -0.05) is 0 Å². The highest BCUT2D eigenvalue weighted by Gasteiger charge is 2.05. The van der Waals surface area contributed by atoms with Crippen molar-refractivity contribution in [1.29, 1.82) is 0 Å². The van der Waals surface area contributed by atoms with Crippen molar-refractivity contribution in [1.82, 2.24) is 5.53 Å². The normalized spacial score (nSPS) is 10.4. The Morgan fingerprint density at radius 3 is 2.00 bits per heavy atom. The number of anilines is 1. The van der Waals surface area contributed by atoms with Gasteiger partial charge in [0.25, 0.3) is 0 Å². The first-order chi connectivity index (χ1) is 6.04. The summed E-state index contributed by atoms with van der Waals surface area (Å²) in [5.41, 5.74) is 5.44. The molecule has 8 heteroatoms. The number of primary sulfonamides is 1. The van der Waals surface area contributed by atoms with E-state index in [1.807, 2.05) is 0 Å². The minimum Gasteiger partial charge on any atom is -0.412 e. The van der Waals surface area contributed by atoms with E-state index in [1.54, 1.807) is 12.1 Å². The Morgan fingerprint density at radius 2 is 1.64 bits per heavy atom. The standard InChI is InChI=1S/C6H10N4O2S.H2O/c7-10-9-5-1-3-6(4-2-5)13(8,11)12;/h1-4,9-10H,7H2,(H2,8,11,12);1H2. The van der Waals surface area contributed by atoms with Crippen LogP contribution in [0.15, 0.2) is 29.2 Å². The number of nitrogens with one attached hydrogen (secondary N) is 2. The van der Waals surface area contributed by atoms with Crippen LogP contribution in [0.25, 0.3) is 0 Å². The van der Waals surface area contributed by atoms with E-state index in [1.165, 1.54) is 12.1 Å². The molecule has 0 bridgehead atoms. The molecule has 1 rings (SSSR count). The summed E-state index contributed by atoms with van der Waals surface area (Å²) in [6.07, 6.45) is 0. The van der Waals surface area contributed by atoms with Crippen LogP contribution in [0.5, 0.6) is 0 Å². The van der Waals surface area contributed by atoms with E-state index >= 15 is 0 Å². The molecule has 0 aromatic heterocycles. The van der Waals surface area contributed by atoms with Crippen molar-refractivity contribution in [3.8, 4) is 0 Å². The summed E-state index contributed by atoms with van der Waals surface area (Å²) in [5, 5.41) is 4.89. The van der Waals surface area contributed by atoms with Gasteiger partial charge in [0.05, 0.1) is 10.6 Å². The van der Waals surface area contributed by atoms with Crippen LogP contribution in [-0.2, 0) is 10.0 Å². The highest BCUT2D eigenvalue weighted by molar-refractivity contribution is 7.89. The van der Waals surface area contributed by atoms with E-state index < -0.39 is 10.0 Å². The largest absolute Gasteiger partial charge is 0.412 e. The molecular formula is C6H12N4O3S. The zero-order chi connectivity index (χ0) is 9.90. The van der Waals surface area contributed by atoms with Gasteiger partial charge in [0, 0.05) is 0 Å². The highest BCUT2D eigenvalue weighted by Crippen LogP contribution is 2.11. The summed E-state index contributed by atoms with van der Waals surface area (Å²) in [6, 6.07) is 5.85. The van der Waals surface area contributed by atoms with Gasteiger partial charge in [-0.2, -0.15) is 5.53 Å². The molecule has 14 heavy (non-hydrogen) atoms. The fourth-order valence-electron chi connectivity index (χ4n) is 0.811. The lowest BCUT2D eigenvalue weighted by atomic mass is 10.3. The van der Waals surface area contributed by atoms with Gasteiger partial charge in [0.2, 0.25) is 10.0 Å². The van der Waals surface area contributed by atoms with Crippen molar-refractivity contribution in [2.24, 2.45) is 11.0 Å². The zero-order valence-electron chi connectivity index (χ0n) is 7.19. The maximum atomic E-state index is 10.8. The minimum atomic E-state index is -3.61. The van der Waals surface area contributed by atoms with Crippen molar-refractivity contribution < 1.29 is 13.9 Å². The molecule has 0 aliphatic rings. The number of rotatable bonds is 3. The third-order valence-electron chi connectivity index (χ3n) is 1.40. The maximum absolute atomic E-state index is 10.8. The number of nitrogens with two attached hydrogens (primary N) is 2. The molecule has 0 saturated heterocycles. The van der Waals surface area contributed by atoms with E-state index in [0.717, 1.165) is 0 Å². The molecule has 0 unspecified atom stereocenters. The topological polar surface area (TPSA) is 142 Å². The first-order valence-electron chi connectivity index (χ1n) is 3.38. The molecule has 0 aliphatic heterocycles. The number of hydrogen-bond acceptors (Lipinski definition) is 5. The molecule has 0 fully saturated rings. The van der Waals surface area contributed by atoms with Gasteiger partial charge in [-0.3, -0.25) is 5.84 Å². The Bertz CT molecular complexity index is 375. The molecule has 80 valence electrons. The zero-order valence-corrected chi connectivity index (χ0v) is 8.01. The van der Waals surface area contributed by atoms with Gasteiger partial charge in [0.15, 0.2) is 0 Å². The van der Waals surface area contributed by atoms with Crippen molar-refractivity contribution >= 4 is 15.7 Å². The van der Waals surface area contributed by atoms with Gasteiger partial charge < -0.3 is 10.9 Å². The number of hydrogen-bond donors (Lipinski definition) is 4. The average Bonchev–Trinajstić information content (AvgIpc) is 2.04. The van der Waals surface area contributed by atoms with E-state index in [4.69, 9.17) is 11.0 Å². The molecule has 0 radical (unpaired) electrons. The van der Waals surface area contributed by atoms with E-state index in [-0.39, 0.29) is 10.4 Å². The monoisotopic (exact) mass is 220 g/mol. The minimum absolute atomic E-state index is 0. The molecule has 8 N–H and O–H groups in total. The summed E-state index contributed by atoms with van der Waals surface area (Å²) in [5.74, 6) is 4.98. The van der Waals surface area contributed by atoms with Gasteiger partial charge in [-0.05, 0) is 24.3 Å². The van der Waals surface area contributed by atoms with Gasteiger partial charge >= 0.3 is 0 Å². The SMILES string of the molecule is NNNc1ccc(S(N)(=O)=O)cc1.O. The first kappa shape index (κ1) is 12.8. The summed E-state index contributed by atoms with van der Waals surface area (Å²) in [4.78, 5) is 0.0649. The Hall–Kier alpha value is -1.19. The lowest BCUT2D eigenvalue weighted by molar-refractivity contribution is 0.598. The molecular weight excluding hydrogens is 208 g/mol. The number of hydrazine groups is 2. The number of benzene rings is 1.